The van der Waals surface area contributed by atoms with Crippen LogP contribution in [0.1, 0.15) is 46.0 Å². The molecule has 14 heavy (non-hydrogen) atoms. The Bertz CT molecular complexity index is 216. The lowest BCUT2D eigenvalue weighted by molar-refractivity contribution is 0.540. The number of nitriles is 1. The first-order valence-corrected chi connectivity index (χ1v) is 5.34. The summed E-state index contributed by atoms with van der Waals surface area (Å²) in [6.07, 6.45) is 9.31. The standard InChI is InChI=1S/C13H21N/c1-4-5-9-13(11-14)10-7-6-8-12(2)3/h4,8,13H,1,5-7,9-10H2,2-3H3. The van der Waals surface area contributed by atoms with Crippen molar-refractivity contribution in [1.82, 2.24) is 0 Å². The maximum absolute atomic E-state index is 8.86. The first-order valence-electron chi connectivity index (χ1n) is 5.34. The third kappa shape index (κ3) is 7.61. The SMILES string of the molecule is C=CCCC(C#N)CCCC=C(C)C. The summed E-state index contributed by atoms with van der Waals surface area (Å²) < 4.78 is 0. The van der Waals surface area contributed by atoms with Gasteiger partial charge in [0, 0.05) is 5.92 Å². The molecule has 1 nitrogen and oxygen atoms in total. The summed E-state index contributed by atoms with van der Waals surface area (Å²) in [5.74, 6) is 0.221. The largest absolute Gasteiger partial charge is 0.198 e. The van der Waals surface area contributed by atoms with E-state index in [1.165, 1.54) is 5.57 Å². The van der Waals surface area contributed by atoms with Crippen molar-refractivity contribution in [3.05, 3.63) is 24.3 Å². The second-order valence-corrected chi connectivity index (χ2v) is 3.90. The summed E-state index contributed by atoms with van der Waals surface area (Å²) in [6, 6.07) is 2.36. The maximum atomic E-state index is 8.86. The van der Waals surface area contributed by atoms with Gasteiger partial charge in [0.1, 0.15) is 0 Å². The molecule has 1 heteroatoms. The van der Waals surface area contributed by atoms with Gasteiger partial charge in [0.15, 0.2) is 0 Å². The summed E-state index contributed by atoms with van der Waals surface area (Å²) in [5, 5.41) is 8.86. The van der Waals surface area contributed by atoms with Gasteiger partial charge in [-0.2, -0.15) is 5.26 Å². The normalized spacial score (nSPS) is 11.5. The van der Waals surface area contributed by atoms with Crippen LogP contribution >= 0.6 is 0 Å². The third-order valence-electron chi connectivity index (χ3n) is 2.21. The fourth-order valence-corrected chi connectivity index (χ4v) is 1.35. The van der Waals surface area contributed by atoms with E-state index in [0.717, 1.165) is 32.1 Å². The van der Waals surface area contributed by atoms with Crippen LogP contribution < -0.4 is 0 Å². The Hall–Kier alpha value is -1.03. The van der Waals surface area contributed by atoms with Gasteiger partial charge in [-0.05, 0) is 46.0 Å². The molecule has 0 aromatic heterocycles. The molecule has 0 bridgehead atoms. The Balaban J connectivity index is 3.58. The van der Waals surface area contributed by atoms with Crippen molar-refractivity contribution < 1.29 is 0 Å². The molecule has 0 aliphatic carbocycles. The van der Waals surface area contributed by atoms with Gasteiger partial charge in [-0.25, -0.2) is 0 Å². The van der Waals surface area contributed by atoms with Crippen molar-refractivity contribution in [2.24, 2.45) is 5.92 Å². The number of allylic oxidation sites excluding steroid dienone is 3. The Labute approximate surface area is 88.1 Å². The van der Waals surface area contributed by atoms with E-state index in [1.807, 2.05) is 6.08 Å². The average Bonchev–Trinajstić information content (AvgIpc) is 2.16. The molecule has 1 unspecified atom stereocenters. The highest BCUT2D eigenvalue weighted by Gasteiger charge is 2.04. The van der Waals surface area contributed by atoms with Crippen molar-refractivity contribution in [2.75, 3.05) is 0 Å². The fourth-order valence-electron chi connectivity index (χ4n) is 1.35. The summed E-state index contributed by atoms with van der Waals surface area (Å²) in [5.41, 5.74) is 1.37. The zero-order valence-electron chi connectivity index (χ0n) is 9.42. The third-order valence-corrected chi connectivity index (χ3v) is 2.21. The lowest BCUT2D eigenvalue weighted by Gasteiger charge is -2.05. The molecule has 0 rings (SSSR count). The van der Waals surface area contributed by atoms with Gasteiger partial charge in [-0.3, -0.25) is 0 Å². The summed E-state index contributed by atoms with van der Waals surface area (Å²) >= 11 is 0. The van der Waals surface area contributed by atoms with E-state index < -0.39 is 0 Å². The quantitative estimate of drug-likeness (QED) is 0.436. The van der Waals surface area contributed by atoms with Gasteiger partial charge in [-0.1, -0.05) is 17.7 Å². The highest BCUT2D eigenvalue weighted by Crippen LogP contribution is 2.14. The zero-order valence-corrected chi connectivity index (χ0v) is 9.42. The zero-order chi connectivity index (χ0) is 10.8. The molecule has 1 atom stereocenters. The maximum Gasteiger partial charge on any atom is 0.0655 e. The predicted molar refractivity (Wildman–Crippen MR) is 61.8 cm³/mol. The molecule has 0 saturated heterocycles. The molecular weight excluding hydrogens is 170 g/mol. The van der Waals surface area contributed by atoms with Gasteiger partial charge in [0.05, 0.1) is 6.07 Å². The predicted octanol–water partition coefficient (Wildman–Crippen LogP) is 4.23. The Morgan fingerprint density at radius 1 is 1.36 bits per heavy atom. The van der Waals surface area contributed by atoms with Crippen molar-refractivity contribution >= 4 is 0 Å². The Morgan fingerprint density at radius 3 is 2.57 bits per heavy atom. The average molecular weight is 191 g/mol. The lowest BCUT2D eigenvalue weighted by atomic mass is 9.98. The minimum Gasteiger partial charge on any atom is -0.198 e. The van der Waals surface area contributed by atoms with Crippen LogP contribution in [0.3, 0.4) is 0 Å². The Kier molecular flexibility index (Phi) is 7.93. The second-order valence-electron chi connectivity index (χ2n) is 3.90. The first kappa shape index (κ1) is 13.0. The summed E-state index contributed by atoms with van der Waals surface area (Å²) in [6.45, 7) is 7.89. The molecule has 0 amide bonds. The number of rotatable bonds is 7. The van der Waals surface area contributed by atoms with Gasteiger partial charge < -0.3 is 0 Å². The molecule has 0 N–H and O–H groups in total. The first-order chi connectivity index (χ1) is 6.70. The molecule has 0 aromatic rings. The fraction of sp³-hybridized carbons (Fsp3) is 0.615. The molecule has 0 saturated carbocycles. The molecule has 0 spiro atoms. The topological polar surface area (TPSA) is 23.8 Å². The number of nitrogens with zero attached hydrogens (tertiary/aromatic N) is 1. The molecule has 0 fully saturated rings. The van der Waals surface area contributed by atoms with Crippen LogP contribution in [-0.4, -0.2) is 0 Å². The van der Waals surface area contributed by atoms with Gasteiger partial charge in [0.2, 0.25) is 0 Å². The minimum absolute atomic E-state index is 0.221. The molecule has 0 heterocycles. The highest BCUT2D eigenvalue weighted by molar-refractivity contribution is 4.93. The van der Waals surface area contributed by atoms with Crippen molar-refractivity contribution in [2.45, 2.75) is 46.0 Å². The monoisotopic (exact) mass is 191 g/mol. The van der Waals surface area contributed by atoms with E-state index in [9.17, 15) is 0 Å². The van der Waals surface area contributed by atoms with Crippen LogP contribution in [-0.2, 0) is 0 Å². The van der Waals surface area contributed by atoms with Gasteiger partial charge >= 0.3 is 0 Å². The number of hydrogen-bond donors (Lipinski definition) is 0. The second kappa shape index (κ2) is 8.56. The van der Waals surface area contributed by atoms with Crippen LogP contribution in [0.4, 0.5) is 0 Å². The van der Waals surface area contributed by atoms with Crippen LogP contribution in [0, 0.1) is 17.2 Å². The van der Waals surface area contributed by atoms with Gasteiger partial charge in [-0.15, -0.1) is 6.58 Å². The van der Waals surface area contributed by atoms with Crippen LogP contribution in [0.2, 0.25) is 0 Å². The van der Waals surface area contributed by atoms with Crippen molar-refractivity contribution in [3.63, 3.8) is 0 Å². The molecule has 0 aromatic carbocycles. The van der Waals surface area contributed by atoms with Crippen molar-refractivity contribution in [3.8, 4) is 6.07 Å². The molecule has 0 aliphatic rings. The molecule has 78 valence electrons. The van der Waals surface area contributed by atoms with E-state index >= 15 is 0 Å². The van der Waals surface area contributed by atoms with E-state index in [2.05, 4.69) is 32.6 Å². The van der Waals surface area contributed by atoms with Crippen molar-refractivity contribution in [1.29, 1.82) is 5.26 Å². The minimum atomic E-state index is 0.221. The van der Waals surface area contributed by atoms with Crippen LogP contribution in [0.25, 0.3) is 0 Å². The van der Waals surface area contributed by atoms with E-state index in [1.54, 1.807) is 0 Å². The summed E-state index contributed by atoms with van der Waals surface area (Å²) in [7, 11) is 0. The van der Waals surface area contributed by atoms with Gasteiger partial charge in [0.25, 0.3) is 0 Å². The molecular formula is C13H21N. The van der Waals surface area contributed by atoms with E-state index in [-0.39, 0.29) is 5.92 Å². The Morgan fingerprint density at radius 2 is 2.07 bits per heavy atom. The van der Waals surface area contributed by atoms with Crippen LogP contribution in [0.15, 0.2) is 24.3 Å². The highest BCUT2D eigenvalue weighted by atomic mass is 14.3. The number of unbranched alkanes of at least 4 members (excludes halogenated alkanes) is 1. The number of hydrogen-bond acceptors (Lipinski definition) is 1. The summed E-state index contributed by atoms with van der Waals surface area (Å²) in [4.78, 5) is 0. The van der Waals surface area contributed by atoms with E-state index in [0.29, 0.717) is 0 Å². The smallest absolute Gasteiger partial charge is 0.0655 e. The lowest BCUT2D eigenvalue weighted by Crippen LogP contribution is -1.95. The molecule has 0 radical (unpaired) electrons. The molecule has 0 aliphatic heterocycles. The van der Waals surface area contributed by atoms with E-state index in [4.69, 9.17) is 5.26 Å². The van der Waals surface area contributed by atoms with Crippen LogP contribution in [0.5, 0.6) is 0 Å².